The van der Waals surface area contributed by atoms with Gasteiger partial charge in [0.15, 0.2) is 0 Å². The van der Waals surface area contributed by atoms with E-state index in [4.69, 9.17) is 4.42 Å². The van der Waals surface area contributed by atoms with E-state index in [2.05, 4.69) is 9.98 Å². The van der Waals surface area contributed by atoms with E-state index in [0.717, 1.165) is 20.5 Å². The van der Waals surface area contributed by atoms with Crippen molar-refractivity contribution >= 4 is 34.2 Å². The van der Waals surface area contributed by atoms with Gasteiger partial charge in [0.25, 0.3) is 0 Å². The number of aromatic amines is 1. The fourth-order valence-corrected chi connectivity index (χ4v) is 3.37. The van der Waals surface area contributed by atoms with Gasteiger partial charge in [-0.05, 0) is 30.4 Å². The second-order valence-electron chi connectivity index (χ2n) is 5.67. The average molecular weight is 337 g/mol. The number of benzene rings is 1. The van der Waals surface area contributed by atoms with E-state index < -0.39 is 5.63 Å². The molecule has 0 aliphatic carbocycles. The Morgan fingerprint density at radius 2 is 2.04 bits per heavy atom. The summed E-state index contributed by atoms with van der Waals surface area (Å²) >= 11 is 1.61. The SMILES string of the molecule is CN(C)c1ccc(/C=c2\[nH]/c(=C3\C=c4ccccc4=N3)oc2=O)s1. The predicted octanol–water partition coefficient (Wildman–Crippen LogP) is 0.146. The summed E-state index contributed by atoms with van der Waals surface area (Å²) in [6.07, 6.45) is 3.71. The molecule has 3 heterocycles. The molecule has 120 valence electrons. The average Bonchev–Trinajstić information content (AvgIpc) is 3.26. The van der Waals surface area contributed by atoms with Crippen molar-refractivity contribution in [1.29, 1.82) is 0 Å². The molecule has 5 nitrogen and oxygen atoms in total. The molecule has 4 rings (SSSR count). The lowest BCUT2D eigenvalue weighted by atomic mass is 10.3. The fourth-order valence-electron chi connectivity index (χ4n) is 2.50. The zero-order chi connectivity index (χ0) is 16.7. The van der Waals surface area contributed by atoms with Crippen LogP contribution >= 0.6 is 11.3 Å². The van der Waals surface area contributed by atoms with Gasteiger partial charge in [-0.3, -0.25) is 0 Å². The molecule has 0 unspecified atom stereocenters. The molecule has 24 heavy (non-hydrogen) atoms. The Labute approximate surface area is 141 Å². The second kappa shape index (κ2) is 5.65. The molecule has 1 aliphatic heterocycles. The minimum absolute atomic E-state index is 0.381. The topological polar surface area (TPSA) is 61.6 Å². The van der Waals surface area contributed by atoms with Gasteiger partial charge >= 0.3 is 5.63 Å². The van der Waals surface area contributed by atoms with E-state index in [1.165, 1.54) is 0 Å². The van der Waals surface area contributed by atoms with Gasteiger partial charge in [0.2, 0.25) is 5.55 Å². The molecule has 1 aromatic carbocycles. The molecule has 0 spiro atoms. The van der Waals surface area contributed by atoms with E-state index in [0.29, 0.717) is 16.6 Å². The highest BCUT2D eigenvalue weighted by Gasteiger charge is 2.06. The molecule has 0 saturated heterocycles. The van der Waals surface area contributed by atoms with Crippen LogP contribution < -0.4 is 32.0 Å². The number of fused-ring (bicyclic) bond motifs is 1. The van der Waals surface area contributed by atoms with Crippen LogP contribution in [0.1, 0.15) is 4.88 Å². The third-order valence-corrected chi connectivity index (χ3v) is 4.91. The van der Waals surface area contributed by atoms with Crippen LogP contribution in [0, 0.1) is 0 Å². The van der Waals surface area contributed by atoms with Gasteiger partial charge in [-0.1, -0.05) is 18.2 Å². The Morgan fingerprint density at radius 3 is 2.79 bits per heavy atom. The zero-order valence-electron chi connectivity index (χ0n) is 13.2. The molecular formula is C18H15N3O2S. The minimum Gasteiger partial charge on any atom is -0.402 e. The summed E-state index contributed by atoms with van der Waals surface area (Å²) < 4.78 is 5.35. The van der Waals surface area contributed by atoms with Crippen molar-refractivity contribution in [2.75, 3.05) is 19.0 Å². The summed E-state index contributed by atoms with van der Waals surface area (Å²) in [6, 6.07) is 11.8. The minimum atomic E-state index is -0.392. The first-order valence-electron chi connectivity index (χ1n) is 7.48. The Bertz CT molecular complexity index is 1170. The number of hydrogen-bond acceptors (Lipinski definition) is 5. The fraction of sp³-hybridized carbons (Fsp3) is 0.111. The van der Waals surface area contributed by atoms with Crippen LogP contribution in [-0.4, -0.2) is 19.1 Å². The van der Waals surface area contributed by atoms with E-state index in [9.17, 15) is 4.79 Å². The number of nitrogens with one attached hydrogen (secondary N) is 1. The maximum absolute atomic E-state index is 12.1. The van der Waals surface area contributed by atoms with Crippen molar-refractivity contribution < 1.29 is 4.42 Å². The third kappa shape index (κ3) is 2.61. The third-order valence-electron chi connectivity index (χ3n) is 3.71. The van der Waals surface area contributed by atoms with Gasteiger partial charge in [-0.25, -0.2) is 9.79 Å². The lowest BCUT2D eigenvalue weighted by molar-refractivity contribution is 0.484. The molecule has 0 fully saturated rings. The highest BCUT2D eigenvalue weighted by Crippen LogP contribution is 2.24. The Hall–Kier alpha value is -2.86. The van der Waals surface area contributed by atoms with Gasteiger partial charge in [0.1, 0.15) is 11.0 Å². The smallest absolute Gasteiger partial charge is 0.361 e. The molecule has 0 bridgehead atoms. The number of oxazole rings is 1. The standard InChI is InChI=1S/C18H15N3O2S/c1-21(2)16-8-7-12(24-16)10-15-18(22)23-17(20-15)14-9-11-5-3-4-6-13(11)19-14/h3-10,20H,1-2H3/b15-10-,17-14-. The van der Waals surface area contributed by atoms with E-state index in [1.54, 1.807) is 17.4 Å². The normalized spacial score (nSPS) is 15.8. The van der Waals surface area contributed by atoms with E-state index in [1.807, 2.05) is 61.5 Å². The number of anilines is 1. The number of rotatable bonds is 2. The van der Waals surface area contributed by atoms with Gasteiger partial charge in [0.05, 0.1) is 10.4 Å². The van der Waals surface area contributed by atoms with Crippen molar-refractivity contribution in [1.82, 2.24) is 4.98 Å². The van der Waals surface area contributed by atoms with E-state index in [-0.39, 0.29) is 0 Å². The molecule has 6 heteroatoms. The van der Waals surface area contributed by atoms with Gasteiger partial charge < -0.3 is 14.3 Å². The van der Waals surface area contributed by atoms with Crippen LogP contribution in [-0.2, 0) is 0 Å². The molecule has 3 aromatic rings. The first kappa shape index (κ1) is 14.7. The molecule has 0 atom stereocenters. The summed E-state index contributed by atoms with van der Waals surface area (Å²) in [7, 11) is 3.98. The van der Waals surface area contributed by atoms with Crippen LogP contribution in [0.15, 0.2) is 50.6 Å². The molecular weight excluding hydrogens is 322 g/mol. The number of nitrogens with zero attached hydrogens (tertiary/aromatic N) is 2. The van der Waals surface area contributed by atoms with E-state index >= 15 is 0 Å². The summed E-state index contributed by atoms with van der Waals surface area (Å²) in [4.78, 5) is 22.7. The molecule has 0 saturated carbocycles. The van der Waals surface area contributed by atoms with Crippen LogP contribution in [0.3, 0.4) is 0 Å². The zero-order valence-corrected chi connectivity index (χ0v) is 14.1. The summed E-state index contributed by atoms with van der Waals surface area (Å²) in [6.45, 7) is 0. The lowest BCUT2D eigenvalue weighted by Crippen LogP contribution is -2.21. The largest absolute Gasteiger partial charge is 0.402 e. The van der Waals surface area contributed by atoms with Crippen LogP contribution in [0.2, 0.25) is 0 Å². The molecule has 2 aromatic heterocycles. The summed E-state index contributed by atoms with van der Waals surface area (Å²) in [5.41, 5.74) is 0.622. The van der Waals surface area contributed by atoms with Crippen LogP contribution in [0.25, 0.3) is 17.8 Å². The quantitative estimate of drug-likeness (QED) is 0.724. The number of aromatic nitrogens is 1. The van der Waals surface area contributed by atoms with Crippen molar-refractivity contribution in [2.45, 2.75) is 0 Å². The van der Waals surface area contributed by atoms with Crippen molar-refractivity contribution in [3.05, 3.63) is 73.2 Å². The number of hydrogen-bond donors (Lipinski definition) is 1. The first-order chi connectivity index (χ1) is 11.6. The van der Waals surface area contributed by atoms with Crippen molar-refractivity contribution in [3.8, 4) is 0 Å². The van der Waals surface area contributed by atoms with Crippen molar-refractivity contribution in [2.24, 2.45) is 4.99 Å². The van der Waals surface area contributed by atoms with Gasteiger partial charge in [-0.15, -0.1) is 11.3 Å². The maximum atomic E-state index is 12.1. The van der Waals surface area contributed by atoms with Gasteiger partial charge in [-0.2, -0.15) is 0 Å². The first-order valence-corrected chi connectivity index (χ1v) is 8.30. The number of thiophene rings is 1. The predicted molar refractivity (Wildman–Crippen MR) is 95.9 cm³/mol. The highest BCUT2D eigenvalue weighted by molar-refractivity contribution is 7.16. The Balaban J connectivity index is 1.84. The summed E-state index contributed by atoms with van der Waals surface area (Å²) in [5, 5.41) is 3.44. The monoisotopic (exact) mass is 337 g/mol. The van der Waals surface area contributed by atoms with Crippen LogP contribution in [0.4, 0.5) is 5.00 Å². The Morgan fingerprint density at radius 1 is 1.21 bits per heavy atom. The molecule has 0 amide bonds. The van der Waals surface area contributed by atoms with Gasteiger partial charge in [0, 0.05) is 24.2 Å². The highest BCUT2D eigenvalue weighted by atomic mass is 32.1. The molecule has 1 N–H and O–H groups in total. The van der Waals surface area contributed by atoms with Crippen LogP contribution in [0.5, 0.6) is 0 Å². The lowest BCUT2D eigenvalue weighted by Gasteiger charge is -2.06. The summed E-state index contributed by atoms with van der Waals surface area (Å²) in [5.74, 6) is 0. The van der Waals surface area contributed by atoms with Crippen molar-refractivity contribution in [3.63, 3.8) is 0 Å². The molecule has 0 radical (unpaired) electrons. The molecule has 1 aliphatic rings. The number of para-hydroxylation sites is 1. The number of H-pyrrole nitrogens is 1. The maximum Gasteiger partial charge on any atom is 0.361 e. The Kier molecular flexibility index (Phi) is 3.46. The second-order valence-corrected chi connectivity index (χ2v) is 6.77.